The van der Waals surface area contributed by atoms with Gasteiger partial charge in [0.05, 0.1) is 12.8 Å². The molecule has 0 unspecified atom stereocenters. The number of hydrogen-bond acceptors (Lipinski definition) is 2. The first kappa shape index (κ1) is 5.84. The Morgan fingerprint density at radius 2 is 2.27 bits per heavy atom. The van der Waals surface area contributed by atoms with Crippen molar-refractivity contribution < 1.29 is 4.42 Å². The van der Waals surface area contributed by atoms with E-state index >= 15 is 0 Å². The van der Waals surface area contributed by atoms with Crippen LogP contribution >= 0.6 is 0 Å². The van der Waals surface area contributed by atoms with Crippen molar-refractivity contribution in [2.45, 2.75) is 31.8 Å². The van der Waals surface area contributed by atoms with E-state index in [-0.39, 0.29) is 0 Å². The van der Waals surface area contributed by atoms with Gasteiger partial charge in [0.2, 0.25) is 0 Å². The minimum absolute atomic E-state index is 0.836. The summed E-state index contributed by atoms with van der Waals surface area (Å²) in [6.07, 6.45) is 4.70. The lowest BCUT2D eigenvalue weighted by Crippen LogP contribution is -2.01. The van der Waals surface area contributed by atoms with Crippen molar-refractivity contribution >= 4 is 0 Å². The van der Waals surface area contributed by atoms with Gasteiger partial charge < -0.3 is 9.73 Å². The van der Waals surface area contributed by atoms with Crippen LogP contribution in [0.3, 0.4) is 0 Å². The number of hydrogen-bond donors (Lipinski definition) is 1. The zero-order valence-corrected chi connectivity index (χ0v) is 6.39. The molecule has 1 aliphatic carbocycles. The molecule has 0 bridgehead atoms. The zero-order valence-electron chi connectivity index (χ0n) is 6.39. The Kier molecular flexibility index (Phi) is 1.00. The Morgan fingerprint density at radius 3 is 3.09 bits per heavy atom. The normalized spacial score (nSPS) is 22.2. The van der Waals surface area contributed by atoms with Crippen LogP contribution in [0.5, 0.6) is 0 Å². The third kappa shape index (κ3) is 0.760. The Morgan fingerprint density at radius 1 is 1.36 bits per heavy atom. The first-order valence-corrected chi connectivity index (χ1v) is 4.25. The summed E-state index contributed by atoms with van der Waals surface area (Å²) in [7, 11) is 0. The van der Waals surface area contributed by atoms with Crippen molar-refractivity contribution in [3.63, 3.8) is 0 Å². The summed E-state index contributed by atoms with van der Waals surface area (Å²) in [4.78, 5) is 0. The van der Waals surface area contributed by atoms with Crippen molar-refractivity contribution in [3.8, 4) is 0 Å². The molecule has 0 amide bonds. The Balaban J connectivity index is 2.09. The summed E-state index contributed by atoms with van der Waals surface area (Å²) >= 11 is 0. The topological polar surface area (TPSA) is 25.2 Å². The fraction of sp³-hybridized carbons (Fsp3) is 0.556. The average molecular weight is 149 g/mol. The molecule has 1 saturated carbocycles. The maximum Gasteiger partial charge on any atom is 0.122 e. The Labute approximate surface area is 65.6 Å². The van der Waals surface area contributed by atoms with Gasteiger partial charge in [0, 0.05) is 12.1 Å². The predicted octanol–water partition coefficient (Wildman–Crippen LogP) is 1.76. The number of furan rings is 1. The maximum absolute atomic E-state index is 5.45. The minimum Gasteiger partial charge on any atom is -0.467 e. The second-order valence-electron chi connectivity index (χ2n) is 3.47. The second kappa shape index (κ2) is 1.89. The first-order valence-electron chi connectivity index (χ1n) is 4.25. The molecule has 2 heterocycles. The molecule has 1 fully saturated rings. The monoisotopic (exact) mass is 149 g/mol. The molecule has 2 heteroatoms. The third-order valence-corrected chi connectivity index (χ3v) is 2.62. The lowest BCUT2D eigenvalue weighted by Gasteiger charge is -1.93. The van der Waals surface area contributed by atoms with E-state index in [0.717, 1.165) is 19.0 Å². The van der Waals surface area contributed by atoms with Crippen LogP contribution in [-0.2, 0) is 13.1 Å². The molecule has 58 valence electrons. The van der Waals surface area contributed by atoms with Crippen LogP contribution in [0.25, 0.3) is 0 Å². The van der Waals surface area contributed by atoms with E-state index in [1.807, 2.05) is 6.26 Å². The van der Waals surface area contributed by atoms with Gasteiger partial charge in [-0.05, 0) is 24.3 Å². The number of rotatable bonds is 1. The molecule has 3 rings (SSSR count). The molecular weight excluding hydrogens is 138 g/mol. The fourth-order valence-electron chi connectivity index (χ4n) is 1.82. The summed E-state index contributed by atoms with van der Waals surface area (Å²) in [5, 5.41) is 3.30. The standard InChI is InChI=1S/C9H11NO/c1-2-6(1)8-5-11-9-4-10-3-7(8)9/h5-6,10H,1-4H2. The highest BCUT2D eigenvalue weighted by Gasteiger charge is 2.30. The van der Waals surface area contributed by atoms with E-state index in [1.54, 1.807) is 0 Å². The van der Waals surface area contributed by atoms with Crippen LogP contribution in [0, 0.1) is 0 Å². The van der Waals surface area contributed by atoms with E-state index in [0.29, 0.717) is 0 Å². The molecule has 2 nitrogen and oxygen atoms in total. The van der Waals surface area contributed by atoms with Crippen molar-refractivity contribution in [1.29, 1.82) is 0 Å². The van der Waals surface area contributed by atoms with Gasteiger partial charge in [0.15, 0.2) is 0 Å². The quantitative estimate of drug-likeness (QED) is 0.658. The molecule has 0 radical (unpaired) electrons. The van der Waals surface area contributed by atoms with E-state index in [9.17, 15) is 0 Å². The first-order chi connectivity index (χ1) is 5.45. The molecule has 11 heavy (non-hydrogen) atoms. The number of nitrogens with one attached hydrogen (secondary N) is 1. The molecule has 2 aliphatic rings. The summed E-state index contributed by atoms with van der Waals surface area (Å²) in [5.41, 5.74) is 2.93. The largest absolute Gasteiger partial charge is 0.467 e. The lowest BCUT2D eigenvalue weighted by molar-refractivity contribution is 0.503. The number of fused-ring (bicyclic) bond motifs is 1. The average Bonchev–Trinajstić information content (AvgIpc) is 2.63. The molecule has 0 saturated heterocycles. The molecule has 1 aliphatic heterocycles. The summed E-state index contributed by atoms with van der Waals surface area (Å²) < 4.78 is 5.45. The van der Waals surface area contributed by atoms with Crippen LogP contribution in [0.2, 0.25) is 0 Å². The lowest BCUT2D eigenvalue weighted by atomic mass is 10.1. The van der Waals surface area contributed by atoms with Gasteiger partial charge in [-0.2, -0.15) is 0 Å². The molecule has 0 aromatic carbocycles. The highest BCUT2D eigenvalue weighted by atomic mass is 16.3. The summed E-state index contributed by atoms with van der Waals surface area (Å²) in [6, 6.07) is 0. The van der Waals surface area contributed by atoms with Crippen molar-refractivity contribution in [1.82, 2.24) is 5.32 Å². The van der Waals surface area contributed by atoms with Gasteiger partial charge in [0.1, 0.15) is 5.76 Å². The third-order valence-electron chi connectivity index (χ3n) is 2.62. The molecular formula is C9H11NO. The van der Waals surface area contributed by atoms with E-state index in [2.05, 4.69) is 5.32 Å². The van der Waals surface area contributed by atoms with Crippen molar-refractivity contribution in [2.75, 3.05) is 0 Å². The Bertz CT molecular complexity index is 286. The summed E-state index contributed by atoms with van der Waals surface area (Å²) in [6.45, 7) is 1.96. The van der Waals surface area contributed by atoms with E-state index < -0.39 is 0 Å². The van der Waals surface area contributed by atoms with E-state index in [4.69, 9.17) is 4.42 Å². The maximum atomic E-state index is 5.45. The Hall–Kier alpha value is -0.760. The fourth-order valence-corrected chi connectivity index (χ4v) is 1.82. The van der Waals surface area contributed by atoms with Crippen LogP contribution in [0.15, 0.2) is 10.7 Å². The van der Waals surface area contributed by atoms with Gasteiger partial charge in [-0.3, -0.25) is 0 Å². The van der Waals surface area contributed by atoms with Crippen LogP contribution in [0.4, 0.5) is 0 Å². The van der Waals surface area contributed by atoms with E-state index in [1.165, 1.54) is 29.7 Å². The smallest absolute Gasteiger partial charge is 0.122 e. The van der Waals surface area contributed by atoms with Gasteiger partial charge in [-0.1, -0.05) is 0 Å². The molecule has 1 aromatic heterocycles. The second-order valence-corrected chi connectivity index (χ2v) is 3.47. The van der Waals surface area contributed by atoms with Crippen LogP contribution in [-0.4, -0.2) is 0 Å². The zero-order chi connectivity index (χ0) is 7.26. The molecule has 1 N–H and O–H groups in total. The van der Waals surface area contributed by atoms with Crippen LogP contribution < -0.4 is 5.32 Å². The molecule has 0 spiro atoms. The van der Waals surface area contributed by atoms with Crippen molar-refractivity contribution in [3.05, 3.63) is 23.2 Å². The minimum atomic E-state index is 0.836. The van der Waals surface area contributed by atoms with Gasteiger partial charge in [-0.15, -0.1) is 0 Å². The van der Waals surface area contributed by atoms with Gasteiger partial charge >= 0.3 is 0 Å². The molecule has 1 aromatic rings. The molecule has 0 atom stereocenters. The SMILES string of the molecule is c1oc2c(c1C1CC1)CNC2. The predicted molar refractivity (Wildman–Crippen MR) is 41.2 cm³/mol. The van der Waals surface area contributed by atoms with Crippen molar-refractivity contribution in [2.24, 2.45) is 0 Å². The summed E-state index contributed by atoms with van der Waals surface area (Å²) in [5.74, 6) is 2.01. The highest BCUT2D eigenvalue weighted by Crippen LogP contribution is 2.43. The van der Waals surface area contributed by atoms with Gasteiger partial charge in [-0.25, -0.2) is 0 Å². The van der Waals surface area contributed by atoms with Crippen LogP contribution in [0.1, 0.15) is 35.6 Å². The van der Waals surface area contributed by atoms with Gasteiger partial charge in [0.25, 0.3) is 0 Å². The highest BCUT2D eigenvalue weighted by molar-refractivity contribution is 5.35.